The molecule has 0 bridgehead atoms. The molecule has 0 spiro atoms. The van der Waals surface area contributed by atoms with Crippen molar-refractivity contribution < 1.29 is 5.11 Å². The van der Waals surface area contributed by atoms with E-state index >= 15 is 0 Å². The van der Waals surface area contributed by atoms with Crippen molar-refractivity contribution in [2.45, 2.75) is 13.5 Å². The molecular weight excluding hydrogens is 164 g/mol. The van der Waals surface area contributed by atoms with Crippen molar-refractivity contribution in [2.75, 3.05) is 0 Å². The predicted octanol–water partition coefficient (Wildman–Crippen LogP) is 1.37. The van der Waals surface area contributed by atoms with Gasteiger partial charge in [-0.15, -0.1) is 0 Å². The minimum absolute atomic E-state index is 0.0681. The number of nitrogens with zero attached hydrogens (tertiary/aromatic N) is 2. The quantitative estimate of drug-likeness (QED) is 0.712. The first-order valence-corrected chi connectivity index (χ1v) is 4.25. The molecule has 3 heteroatoms. The fraction of sp³-hybridized carbons (Fsp3) is 0.300. The Labute approximate surface area is 76.6 Å². The Morgan fingerprint density at radius 2 is 2.31 bits per heavy atom. The van der Waals surface area contributed by atoms with Crippen LogP contribution in [-0.2, 0) is 13.7 Å². The van der Waals surface area contributed by atoms with E-state index in [1.54, 1.807) is 6.20 Å². The first-order chi connectivity index (χ1) is 6.25. The van der Waals surface area contributed by atoms with Crippen molar-refractivity contribution in [1.29, 1.82) is 0 Å². The largest absolute Gasteiger partial charge is 0.390 e. The second kappa shape index (κ2) is 2.85. The maximum Gasteiger partial charge on any atom is 0.140 e. The molecule has 0 saturated heterocycles. The molecule has 0 unspecified atom stereocenters. The number of aliphatic hydroxyl groups excluding tert-OH is 1. The standard InChI is InChI=1S/C10H12N2O/c1-7-8-4-3-5-11-10(8)12(2)9(7)6-13/h3-5,13H,6H2,1-2H3. The van der Waals surface area contributed by atoms with Crippen molar-refractivity contribution in [2.24, 2.45) is 7.05 Å². The summed E-state index contributed by atoms with van der Waals surface area (Å²) in [7, 11) is 1.92. The Morgan fingerprint density at radius 3 is 2.92 bits per heavy atom. The smallest absolute Gasteiger partial charge is 0.140 e. The fourth-order valence-electron chi connectivity index (χ4n) is 1.72. The highest BCUT2D eigenvalue weighted by Crippen LogP contribution is 2.22. The molecule has 2 aromatic rings. The van der Waals surface area contributed by atoms with Gasteiger partial charge in [0.2, 0.25) is 0 Å². The molecule has 0 fully saturated rings. The van der Waals surface area contributed by atoms with Crippen LogP contribution in [0.4, 0.5) is 0 Å². The molecule has 0 saturated carbocycles. The van der Waals surface area contributed by atoms with Crippen LogP contribution in [0.25, 0.3) is 11.0 Å². The molecular formula is C10H12N2O. The second-order valence-corrected chi connectivity index (χ2v) is 3.16. The van der Waals surface area contributed by atoms with Crippen molar-refractivity contribution in [3.8, 4) is 0 Å². The molecule has 1 N–H and O–H groups in total. The zero-order valence-electron chi connectivity index (χ0n) is 7.78. The van der Waals surface area contributed by atoms with E-state index in [9.17, 15) is 0 Å². The topological polar surface area (TPSA) is 38.0 Å². The van der Waals surface area contributed by atoms with Gasteiger partial charge in [0.1, 0.15) is 5.65 Å². The molecule has 2 heterocycles. The third-order valence-corrected chi connectivity index (χ3v) is 2.50. The molecule has 3 nitrogen and oxygen atoms in total. The van der Waals surface area contributed by atoms with Crippen LogP contribution in [-0.4, -0.2) is 14.7 Å². The number of aliphatic hydroxyl groups is 1. The van der Waals surface area contributed by atoms with E-state index in [1.165, 1.54) is 0 Å². The number of aromatic nitrogens is 2. The molecule has 0 aliphatic heterocycles. The van der Waals surface area contributed by atoms with Crippen molar-refractivity contribution >= 4 is 11.0 Å². The molecule has 0 aliphatic rings. The van der Waals surface area contributed by atoms with E-state index in [1.807, 2.05) is 30.7 Å². The van der Waals surface area contributed by atoms with Gasteiger partial charge >= 0.3 is 0 Å². The van der Waals surface area contributed by atoms with Gasteiger partial charge in [-0.25, -0.2) is 4.98 Å². The number of pyridine rings is 1. The van der Waals surface area contributed by atoms with Crippen LogP contribution in [0, 0.1) is 6.92 Å². The van der Waals surface area contributed by atoms with Crippen LogP contribution >= 0.6 is 0 Å². The lowest BCUT2D eigenvalue weighted by atomic mass is 10.2. The highest BCUT2D eigenvalue weighted by molar-refractivity contribution is 5.81. The monoisotopic (exact) mass is 176 g/mol. The summed E-state index contributed by atoms with van der Waals surface area (Å²) in [5, 5.41) is 10.3. The summed E-state index contributed by atoms with van der Waals surface area (Å²) in [6.07, 6.45) is 1.77. The van der Waals surface area contributed by atoms with Crippen LogP contribution in [0.15, 0.2) is 18.3 Å². The number of rotatable bonds is 1. The Morgan fingerprint density at radius 1 is 1.54 bits per heavy atom. The first kappa shape index (κ1) is 8.26. The Balaban J connectivity index is 2.88. The van der Waals surface area contributed by atoms with Crippen LogP contribution in [0.2, 0.25) is 0 Å². The SMILES string of the molecule is Cc1c(CO)n(C)c2ncccc12. The normalized spacial score (nSPS) is 11.0. The van der Waals surface area contributed by atoms with E-state index in [0.29, 0.717) is 0 Å². The highest BCUT2D eigenvalue weighted by atomic mass is 16.3. The second-order valence-electron chi connectivity index (χ2n) is 3.16. The zero-order valence-corrected chi connectivity index (χ0v) is 7.78. The minimum Gasteiger partial charge on any atom is -0.390 e. The van der Waals surface area contributed by atoms with Gasteiger partial charge in [-0.3, -0.25) is 0 Å². The lowest BCUT2D eigenvalue weighted by Gasteiger charge is -1.99. The number of hydrogen-bond acceptors (Lipinski definition) is 2. The van der Waals surface area contributed by atoms with Gasteiger partial charge in [0.25, 0.3) is 0 Å². The van der Waals surface area contributed by atoms with Crippen LogP contribution < -0.4 is 0 Å². The maximum absolute atomic E-state index is 9.15. The summed E-state index contributed by atoms with van der Waals surface area (Å²) in [5.74, 6) is 0. The van der Waals surface area contributed by atoms with Gasteiger partial charge in [0, 0.05) is 24.3 Å². The van der Waals surface area contributed by atoms with Gasteiger partial charge in [-0.05, 0) is 24.6 Å². The molecule has 2 rings (SSSR count). The summed E-state index contributed by atoms with van der Waals surface area (Å²) >= 11 is 0. The molecule has 0 atom stereocenters. The third-order valence-electron chi connectivity index (χ3n) is 2.50. The number of aryl methyl sites for hydroxylation is 2. The lowest BCUT2D eigenvalue weighted by molar-refractivity contribution is 0.272. The fourth-order valence-corrected chi connectivity index (χ4v) is 1.72. The Hall–Kier alpha value is -1.35. The van der Waals surface area contributed by atoms with E-state index in [2.05, 4.69) is 4.98 Å². The predicted molar refractivity (Wildman–Crippen MR) is 51.4 cm³/mol. The van der Waals surface area contributed by atoms with Gasteiger partial charge in [0.15, 0.2) is 0 Å². The molecule has 0 aliphatic carbocycles. The van der Waals surface area contributed by atoms with Crippen molar-refractivity contribution in [1.82, 2.24) is 9.55 Å². The van der Waals surface area contributed by atoms with Crippen LogP contribution in [0.5, 0.6) is 0 Å². The molecule has 13 heavy (non-hydrogen) atoms. The van der Waals surface area contributed by atoms with E-state index < -0.39 is 0 Å². The summed E-state index contributed by atoms with van der Waals surface area (Å²) < 4.78 is 1.94. The minimum atomic E-state index is 0.0681. The van der Waals surface area contributed by atoms with E-state index in [-0.39, 0.29) is 6.61 Å². The summed E-state index contributed by atoms with van der Waals surface area (Å²) in [5.41, 5.74) is 2.99. The maximum atomic E-state index is 9.15. The zero-order chi connectivity index (χ0) is 9.42. The van der Waals surface area contributed by atoms with Crippen molar-refractivity contribution in [3.63, 3.8) is 0 Å². The number of hydrogen-bond donors (Lipinski definition) is 1. The Bertz CT molecular complexity index is 406. The summed E-state index contributed by atoms with van der Waals surface area (Å²) in [6.45, 7) is 2.08. The summed E-state index contributed by atoms with van der Waals surface area (Å²) in [4.78, 5) is 4.26. The molecule has 2 aromatic heterocycles. The lowest BCUT2D eigenvalue weighted by Crippen LogP contribution is -1.97. The molecule has 0 radical (unpaired) electrons. The number of fused-ring (bicyclic) bond motifs is 1. The van der Waals surface area contributed by atoms with Gasteiger partial charge in [0.05, 0.1) is 6.61 Å². The van der Waals surface area contributed by atoms with Gasteiger partial charge in [-0.1, -0.05) is 0 Å². The molecule has 0 amide bonds. The highest BCUT2D eigenvalue weighted by Gasteiger charge is 2.10. The first-order valence-electron chi connectivity index (χ1n) is 4.25. The average molecular weight is 176 g/mol. The molecule has 0 aromatic carbocycles. The van der Waals surface area contributed by atoms with E-state index in [4.69, 9.17) is 5.11 Å². The third kappa shape index (κ3) is 1.04. The average Bonchev–Trinajstić information content (AvgIpc) is 2.41. The van der Waals surface area contributed by atoms with Gasteiger partial charge in [-0.2, -0.15) is 0 Å². The van der Waals surface area contributed by atoms with E-state index in [0.717, 1.165) is 22.3 Å². The van der Waals surface area contributed by atoms with Crippen molar-refractivity contribution in [3.05, 3.63) is 29.6 Å². The summed E-state index contributed by atoms with van der Waals surface area (Å²) in [6, 6.07) is 3.94. The van der Waals surface area contributed by atoms with Crippen LogP contribution in [0.1, 0.15) is 11.3 Å². The van der Waals surface area contributed by atoms with Crippen LogP contribution in [0.3, 0.4) is 0 Å². The van der Waals surface area contributed by atoms with Gasteiger partial charge < -0.3 is 9.67 Å². The Kier molecular flexibility index (Phi) is 1.81. The molecule has 68 valence electrons.